The average Bonchev–Trinajstić information content (AvgIpc) is 2.74. The van der Waals surface area contributed by atoms with Gasteiger partial charge >= 0.3 is 0 Å². The van der Waals surface area contributed by atoms with E-state index in [1.807, 2.05) is 13.8 Å². The first kappa shape index (κ1) is 13.9. The van der Waals surface area contributed by atoms with Crippen LogP contribution in [0.4, 0.5) is 5.69 Å². The summed E-state index contributed by atoms with van der Waals surface area (Å²) in [5, 5.41) is 19.5. The van der Waals surface area contributed by atoms with Crippen molar-refractivity contribution >= 4 is 11.6 Å². The molecule has 5 N–H and O–H groups in total. The lowest BCUT2D eigenvalue weighted by molar-refractivity contribution is 0.0714. The number of hydrogen-bond acceptors (Lipinski definition) is 4. The number of H-pyrrole nitrogens is 1. The summed E-state index contributed by atoms with van der Waals surface area (Å²) >= 11 is 0. The molecule has 0 radical (unpaired) electrons. The summed E-state index contributed by atoms with van der Waals surface area (Å²) in [6.07, 6.45) is 3.10. The number of rotatable bonds is 3. The van der Waals surface area contributed by atoms with Crippen molar-refractivity contribution in [2.45, 2.75) is 57.6 Å². The lowest BCUT2D eigenvalue weighted by Gasteiger charge is -2.28. The SMILES string of the molecule is CC(C)c1[nH]nc(C(=O)N[C@H]2CCCC[C@@H]2O)c1N. The number of anilines is 1. The summed E-state index contributed by atoms with van der Waals surface area (Å²) in [4.78, 5) is 12.1. The molecule has 106 valence electrons. The first-order valence-corrected chi connectivity index (χ1v) is 6.83. The fourth-order valence-corrected chi connectivity index (χ4v) is 2.49. The van der Waals surface area contributed by atoms with Gasteiger partial charge in [0.2, 0.25) is 0 Å². The number of aliphatic hydroxyl groups excluding tert-OH is 1. The Bertz CT molecular complexity index is 455. The van der Waals surface area contributed by atoms with Gasteiger partial charge in [0, 0.05) is 0 Å². The van der Waals surface area contributed by atoms with Crippen molar-refractivity contribution in [2.75, 3.05) is 5.73 Å². The van der Waals surface area contributed by atoms with Crippen LogP contribution < -0.4 is 11.1 Å². The number of aromatic nitrogens is 2. The van der Waals surface area contributed by atoms with Gasteiger partial charge in [0.1, 0.15) is 0 Å². The minimum atomic E-state index is -0.470. The van der Waals surface area contributed by atoms with Gasteiger partial charge in [-0.3, -0.25) is 9.89 Å². The van der Waals surface area contributed by atoms with Crippen molar-refractivity contribution in [3.8, 4) is 0 Å². The van der Waals surface area contributed by atoms with E-state index in [1.165, 1.54) is 0 Å². The second-order valence-corrected chi connectivity index (χ2v) is 5.49. The number of nitrogens with two attached hydrogens (primary N) is 1. The molecule has 1 saturated carbocycles. The third-order valence-corrected chi connectivity index (χ3v) is 3.67. The molecular formula is C13H22N4O2. The van der Waals surface area contributed by atoms with Crippen LogP contribution in [0.3, 0.4) is 0 Å². The summed E-state index contributed by atoms with van der Waals surface area (Å²) in [6, 6.07) is -0.195. The predicted molar refractivity (Wildman–Crippen MR) is 72.8 cm³/mol. The van der Waals surface area contributed by atoms with Crippen LogP contribution in [-0.4, -0.2) is 33.4 Å². The Morgan fingerprint density at radius 3 is 2.74 bits per heavy atom. The first-order chi connectivity index (χ1) is 9.00. The topological polar surface area (TPSA) is 104 Å². The van der Waals surface area contributed by atoms with Gasteiger partial charge in [-0.25, -0.2) is 0 Å². The van der Waals surface area contributed by atoms with E-state index in [2.05, 4.69) is 15.5 Å². The molecule has 0 spiro atoms. The molecule has 1 aromatic rings. The highest BCUT2D eigenvalue weighted by Gasteiger charge is 2.27. The maximum atomic E-state index is 12.1. The number of nitrogens with zero attached hydrogens (tertiary/aromatic N) is 1. The highest BCUT2D eigenvalue weighted by molar-refractivity contribution is 5.97. The Balaban J connectivity index is 2.07. The molecule has 1 heterocycles. The van der Waals surface area contributed by atoms with Gasteiger partial charge in [-0.2, -0.15) is 5.10 Å². The summed E-state index contributed by atoms with van der Waals surface area (Å²) in [6.45, 7) is 3.97. The van der Waals surface area contributed by atoms with E-state index in [4.69, 9.17) is 5.73 Å². The molecule has 2 rings (SSSR count). The molecule has 0 unspecified atom stereocenters. The number of nitrogen functional groups attached to an aromatic ring is 1. The van der Waals surface area contributed by atoms with E-state index in [0.29, 0.717) is 5.69 Å². The smallest absolute Gasteiger partial charge is 0.274 e. The van der Waals surface area contributed by atoms with Gasteiger partial charge in [0.15, 0.2) is 5.69 Å². The highest BCUT2D eigenvalue weighted by atomic mass is 16.3. The summed E-state index contributed by atoms with van der Waals surface area (Å²) in [5.41, 5.74) is 7.32. The van der Waals surface area contributed by atoms with E-state index >= 15 is 0 Å². The highest BCUT2D eigenvalue weighted by Crippen LogP contribution is 2.23. The van der Waals surface area contributed by atoms with Gasteiger partial charge in [-0.15, -0.1) is 0 Å². The van der Waals surface area contributed by atoms with Crippen LogP contribution in [0.5, 0.6) is 0 Å². The van der Waals surface area contributed by atoms with Crippen molar-refractivity contribution in [1.29, 1.82) is 0 Å². The van der Waals surface area contributed by atoms with E-state index in [-0.39, 0.29) is 23.6 Å². The van der Waals surface area contributed by atoms with Crippen molar-refractivity contribution in [2.24, 2.45) is 0 Å². The molecule has 6 nitrogen and oxygen atoms in total. The van der Waals surface area contributed by atoms with Crippen LogP contribution in [0.15, 0.2) is 0 Å². The lowest BCUT2D eigenvalue weighted by atomic mass is 9.92. The predicted octanol–water partition coefficient (Wildman–Crippen LogP) is 1.15. The molecule has 1 aliphatic rings. The standard InChI is InChI=1S/C13H22N4O2/c1-7(2)11-10(14)12(17-16-11)13(19)15-8-5-3-4-6-9(8)18/h7-9,18H,3-6,14H2,1-2H3,(H,15,19)(H,16,17)/t8-,9-/m0/s1. The molecule has 2 atom stereocenters. The Hall–Kier alpha value is -1.56. The maximum absolute atomic E-state index is 12.1. The number of carbonyl (C=O) groups excluding carboxylic acids is 1. The molecule has 19 heavy (non-hydrogen) atoms. The van der Waals surface area contributed by atoms with Crippen LogP contribution in [-0.2, 0) is 0 Å². The van der Waals surface area contributed by atoms with Gasteiger partial charge in [0.25, 0.3) is 5.91 Å². The Morgan fingerprint density at radius 1 is 1.47 bits per heavy atom. The molecule has 0 aliphatic heterocycles. The summed E-state index contributed by atoms with van der Waals surface area (Å²) in [5.74, 6) is -0.124. The number of carbonyl (C=O) groups is 1. The number of aromatic amines is 1. The van der Waals surface area contributed by atoms with Crippen LogP contribution in [0, 0.1) is 0 Å². The molecule has 1 aromatic heterocycles. The second-order valence-electron chi connectivity index (χ2n) is 5.49. The minimum absolute atomic E-state index is 0.189. The number of amides is 1. The molecule has 1 fully saturated rings. The fourth-order valence-electron chi connectivity index (χ4n) is 2.49. The van der Waals surface area contributed by atoms with Crippen molar-refractivity contribution in [3.63, 3.8) is 0 Å². The van der Waals surface area contributed by atoms with E-state index < -0.39 is 6.10 Å². The number of aliphatic hydroxyl groups is 1. The lowest BCUT2D eigenvalue weighted by Crippen LogP contribution is -2.45. The Morgan fingerprint density at radius 2 is 2.16 bits per heavy atom. The molecular weight excluding hydrogens is 244 g/mol. The quantitative estimate of drug-likeness (QED) is 0.658. The first-order valence-electron chi connectivity index (χ1n) is 6.83. The molecule has 0 saturated heterocycles. The van der Waals surface area contributed by atoms with Crippen LogP contribution in [0.2, 0.25) is 0 Å². The largest absolute Gasteiger partial charge is 0.395 e. The Kier molecular flexibility index (Phi) is 4.09. The maximum Gasteiger partial charge on any atom is 0.274 e. The zero-order valence-electron chi connectivity index (χ0n) is 11.4. The van der Waals surface area contributed by atoms with E-state index in [1.54, 1.807) is 0 Å². The molecule has 1 amide bonds. The summed E-state index contributed by atoms with van der Waals surface area (Å²) < 4.78 is 0. The monoisotopic (exact) mass is 266 g/mol. The third-order valence-electron chi connectivity index (χ3n) is 3.67. The molecule has 0 bridgehead atoms. The van der Waals surface area contributed by atoms with E-state index in [9.17, 15) is 9.90 Å². The van der Waals surface area contributed by atoms with Gasteiger partial charge in [0.05, 0.1) is 23.5 Å². The van der Waals surface area contributed by atoms with Crippen LogP contribution in [0.1, 0.15) is 61.6 Å². The van der Waals surface area contributed by atoms with Gasteiger partial charge in [-0.1, -0.05) is 26.7 Å². The number of nitrogens with one attached hydrogen (secondary N) is 2. The second kappa shape index (κ2) is 5.61. The van der Waals surface area contributed by atoms with Crippen molar-refractivity contribution < 1.29 is 9.90 Å². The van der Waals surface area contributed by atoms with Crippen molar-refractivity contribution in [1.82, 2.24) is 15.5 Å². The Labute approximate surface area is 112 Å². The van der Waals surface area contributed by atoms with Crippen molar-refractivity contribution in [3.05, 3.63) is 11.4 Å². The molecule has 1 aliphatic carbocycles. The minimum Gasteiger partial charge on any atom is -0.395 e. The summed E-state index contributed by atoms with van der Waals surface area (Å²) in [7, 11) is 0. The number of hydrogen-bond donors (Lipinski definition) is 4. The zero-order valence-corrected chi connectivity index (χ0v) is 11.4. The molecule has 0 aromatic carbocycles. The fraction of sp³-hybridized carbons (Fsp3) is 0.692. The average molecular weight is 266 g/mol. The van der Waals surface area contributed by atoms with E-state index in [0.717, 1.165) is 31.4 Å². The molecule has 6 heteroatoms. The van der Waals surface area contributed by atoms with Gasteiger partial charge < -0.3 is 16.2 Å². The van der Waals surface area contributed by atoms with Gasteiger partial charge in [-0.05, 0) is 18.8 Å². The van der Waals surface area contributed by atoms with Crippen LogP contribution in [0.25, 0.3) is 0 Å². The zero-order chi connectivity index (χ0) is 14.0. The third kappa shape index (κ3) is 2.89. The van der Waals surface area contributed by atoms with Crippen LogP contribution >= 0.6 is 0 Å². The normalized spacial score (nSPS) is 23.6.